The highest BCUT2D eigenvalue weighted by atomic mass is 16.5. The quantitative estimate of drug-likeness (QED) is 0.540. The molecule has 140 valence electrons. The first-order valence-corrected chi connectivity index (χ1v) is 8.80. The predicted octanol–water partition coefficient (Wildman–Crippen LogP) is 1.09. The Kier molecular flexibility index (Phi) is 8.34. The molecule has 2 rings (SSSR count). The Balaban J connectivity index is 1.92. The molecule has 0 spiro atoms. The first-order chi connectivity index (χ1) is 12.3. The van der Waals surface area contributed by atoms with E-state index in [1.165, 1.54) is 0 Å². The van der Waals surface area contributed by atoms with E-state index in [-0.39, 0.29) is 0 Å². The molecule has 1 heterocycles. The number of aliphatic imine (C=N–C) groups is 1. The maximum atomic E-state index is 5.47. The number of guanidine groups is 1. The van der Waals surface area contributed by atoms with Gasteiger partial charge >= 0.3 is 0 Å². The molecule has 0 unspecified atom stereocenters. The minimum atomic E-state index is 0.521. The molecule has 1 fully saturated rings. The third-order valence-corrected chi connectivity index (χ3v) is 4.06. The van der Waals surface area contributed by atoms with Gasteiger partial charge in [-0.25, -0.2) is 4.99 Å². The van der Waals surface area contributed by atoms with Gasteiger partial charge in [0.05, 0.1) is 34.0 Å². The number of benzene rings is 1. The van der Waals surface area contributed by atoms with Crippen LogP contribution in [0.3, 0.4) is 0 Å². The number of rotatable bonds is 8. The maximum absolute atomic E-state index is 5.47. The fourth-order valence-electron chi connectivity index (χ4n) is 2.74. The van der Waals surface area contributed by atoms with Crippen LogP contribution < -0.4 is 20.1 Å². The molecule has 0 radical (unpaired) electrons. The van der Waals surface area contributed by atoms with Crippen molar-refractivity contribution in [1.29, 1.82) is 0 Å². The number of para-hydroxylation sites is 1. The SMILES string of the molecule is CCNC(=NCc1cccc(OC)c1OC)NCCN1CCOCC1. The summed E-state index contributed by atoms with van der Waals surface area (Å²) in [4.78, 5) is 7.06. The summed E-state index contributed by atoms with van der Waals surface area (Å²) in [5, 5.41) is 6.67. The lowest BCUT2D eigenvalue weighted by atomic mass is 10.2. The van der Waals surface area contributed by atoms with Crippen molar-refractivity contribution < 1.29 is 14.2 Å². The monoisotopic (exact) mass is 350 g/mol. The summed E-state index contributed by atoms with van der Waals surface area (Å²) in [5.41, 5.74) is 0.993. The lowest BCUT2D eigenvalue weighted by Crippen LogP contribution is -2.44. The van der Waals surface area contributed by atoms with Crippen molar-refractivity contribution in [3.8, 4) is 11.5 Å². The molecular formula is C18H30N4O3. The molecule has 1 saturated heterocycles. The van der Waals surface area contributed by atoms with E-state index in [1.807, 2.05) is 18.2 Å². The third kappa shape index (κ3) is 6.10. The highest BCUT2D eigenvalue weighted by Crippen LogP contribution is 2.30. The molecule has 2 N–H and O–H groups in total. The van der Waals surface area contributed by atoms with E-state index in [9.17, 15) is 0 Å². The van der Waals surface area contributed by atoms with Crippen LogP contribution in [0.2, 0.25) is 0 Å². The molecule has 25 heavy (non-hydrogen) atoms. The van der Waals surface area contributed by atoms with Crippen LogP contribution in [0.25, 0.3) is 0 Å². The zero-order valence-corrected chi connectivity index (χ0v) is 15.5. The van der Waals surface area contributed by atoms with Gasteiger partial charge in [0.1, 0.15) is 0 Å². The highest BCUT2D eigenvalue weighted by molar-refractivity contribution is 5.79. The molecule has 7 nitrogen and oxygen atoms in total. The van der Waals surface area contributed by atoms with Crippen molar-refractivity contribution in [3.05, 3.63) is 23.8 Å². The number of methoxy groups -OCH3 is 2. The van der Waals surface area contributed by atoms with Gasteiger partial charge in [-0.2, -0.15) is 0 Å². The van der Waals surface area contributed by atoms with Crippen LogP contribution in [-0.2, 0) is 11.3 Å². The van der Waals surface area contributed by atoms with Crippen molar-refractivity contribution in [3.63, 3.8) is 0 Å². The zero-order valence-electron chi connectivity index (χ0n) is 15.5. The van der Waals surface area contributed by atoms with Crippen LogP contribution >= 0.6 is 0 Å². The summed E-state index contributed by atoms with van der Waals surface area (Å²) >= 11 is 0. The minimum absolute atomic E-state index is 0.521. The van der Waals surface area contributed by atoms with Gasteiger partial charge in [-0.3, -0.25) is 4.90 Å². The molecule has 1 aromatic rings. The summed E-state index contributed by atoms with van der Waals surface area (Å²) in [6.45, 7) is 8.87. The van der Waals surface area contributed by atoms with Gasteiger partial charge in [0.2, 0.25) is 0 Å². The highest BCUT2D eigenvalue weighted by Gasteiger charge is 2.11. The summed E-state index contributed by atoms with van der Waals surface area (Å²) in [6, 6.07) is 5.84. The molecule has 0 saturated carbocycles. The van der Waals surface area contributed by atoms with E-state index in [4.69, 9.17) is 14.2 Å². The molecule has 0 amide bonds. The van der Waals surface area contributed by atoms with Gasteiger partial charge in [0.15, 0.2) is 17.5 Å². The second-order valence-electron chi connectivity index (χ2n) is 5.73. The van der Waals surface area contributed by atoms with Crippen molar-refractivity contribution >= 4 is 5.96 Å². The topological polar surface area (TPSA) is 67.4 Å². The maximum Gasteiger partial charge on any atom is 0.191 e. The molecule has 0 aliphatic carbocycles. The summed E-state index contributed by atoms with van der Waals surface area (Å²) in [5.74, 6) is 2.26. The van der Waals surface area contributed by atoms with E-state index in [0.717, 1.165) is 69.0 Å². The van der Waals surface area contributed by atoms with Gasteiger partial charge in [0, 0.05) is 38.3 Å². The largest absolute Gasteiger partial charge is 0.493 e. The minimum Gasteiger partial charge on any atom is -0.493 e. The summed E-state index contributed by atoms with van der Waals surface area (Å²) < 4.78 is 16.2. The van der Waals surface area contributed by atoms with Gasteiger partial charge in [-0.1, -0.05) is 12.1 Å². The van der Waals surface area contributed by atoms with Crippen LogP contribution in [-0.4, -0.2) is 71.0 Å². The fourth-order valence-corrected chi connectivity index (χ4v) is 2.74. The summed E-state index contributed by atoms with van der Waals surface area (Å²) in [7, 11) is 3.29. The van der Waals surface area contributed by atoms with Crippen LogP contribution in [0.1, 0.15) is 12.5 Å². The molecule has 1 aliphatic heterocycles. The number of nitrogens with one attached hydrogen (secondary N) is 2. The molecule has 0 bridgehead atoms. The van der Waals surface area contributed by atoms with E-state index >= 15 is 0 Å². The van der Waals surface area contributed by atoms with Crippen LogP contribution in [0.5, 0.6) is 11.5 Å². The second-order valence-corrected chi connectivity index (χ2v) is 5.73. The van der Waals surface area contributed by atoms with Crippen molar-refractivity contribution in [2.75, 3.05) is 60.2 Å². The van der Waals surface area contributed by atoms with E-state index in [0.29, 0.717) is 6.54 Å². The molecule has 1 aromatic carbocycles. The summed E-state index contributed by atoms with van der Waals surface area (Å²) in [6.07, 6.45) is 0. The second kappa shape index (κ2) is 10.8. The van der Waals surface area contributed by atoms with Gasteiger partial charge in [-0.15, -0.1) is 0 Å². The van der Waals surface area contributed by atoms with Gasteiger partial charge in [-0.05, 0) is 13.0 Å². The van der Waals surface area contributed by atoms with Crippen LogP contribution in [0.4, 0.5) is 0 Å². The smallest absolute Gasteiger partial charge is 0.191 e. The standard InChI is InChI=1S/C18H30N4O3/c1-4-19-18(20-8-9-22-10-12-25-13-11-22)21-14-15-6-5-7-16(23-2)17(15)24-3/h5-7H,4,8-14H2,1-3H3,(H2,19,20,21). The number of hydrogen-bond donors (Lipinski definition) is 2. The Morgan fingerprint density at radius 3 is 2.68 bits per heavy atom. The zero-order chi connectivity index (χ0) is 17.9. The fraction of sp³-hybridized carbons (Fsp3) is 0.611. The number of nitrogens with zero attached hydrogens (tertiary/aromatic N) is 2. The van der Waals surface area contributed by atoms with Crippen LogP contribution in [0, 0.1) is 0 Å². The third-order valence-electron chi connectivity index (χ3n) is 4.06. The molecule has 0 atom stereocenters. The van der Waals surface area contributed by atoms with Crippen molar-refractivity contribution in [1.82, 2.24) is 15.5 Å². The van der Waals surface area contributed by atoms with E-state index < -0.39 is 0 Å². The first kappa shape index (κ1) is 19.3. The van der Waals surface area contributed by atoms with Gasteiger partial charge < -0.3 is 24.8 Å². The molecule has 7 heteroatoms. The average Bonchev–Trinajstić information content (AvgIpc) is 2.66. The van der Waals surface area contributed by atoms with E-state index in [2.05, 4.69) is 27.4 Å². The molecular weight excluding hydrogens is 320 g/mol. The van der Waals surface area contributed by atoms with Gasteiger partial charge in [0.25, 0.3) is 0 Å². The Morgan fingerprint density at radius 2 is 2.00 bits per heavy atom. The van der Waals surface area contributed by atoms with Crippen molar-refractivity contribution in [2.24, 2.45) is 4.99 Å². The first-order valence-electron chi connectivity index (χ1n) is 8.80. The molecule has 1 aliphatic rings. The molecule has 0 aromatic heterocycles. The number of morpholine rings is 1. The van der Waals surface area contributed by atoms with E-state index in [1.54, 1.807) is 14.2 Å². The normalized spacial score (nSPS) is 15.7. The number of hydrogen-bond acceptors (Lipinski definition) is 5. The van der Waals surface area contributed by atoms with Crippen molar-refractivity contribution in [2.45, 2.75) is 13.5 Å². The predicted molar refractivity (Wildman–Crippen MR) is 99.6 cm³/mol. The Hall–Kier alpha value is -1.99. The Labute approximate surface area is 150 Å². The number of ether oxygens (including phenoxy) is 3. The lowest BCUT2D eigenvalue weighted by Gasteiger charge is -2.26. The van der Waals surface area contributed by atoms with Crippen LogP contribution in [0.15, 0.2) is 23.2 Å². The lowest BCUT2D eigenvalue weighted by molar-refractivity contribution is 0.0389. The Bertz CT molecular complexity index is 545. The Morgan fingerprint density at radius 1 is 1.20 bits per heavy atom. The average molecular weight is 350 g/mol.